The molecule has 4 nitrogen and oxygen atoms in total. The molecule has 0 aromatic carbocycles. The van der Waals surface area contributed by atoms with Gasteiger partial charge in [-0.3, -0.25) is 4.79 Å². The predicted octanol–water partition coefficient (Wildman–Crippen LogP) is 2.82. The maximum absolute atomic E-state index is 13.1. The number of halogens is 3. The van der Waals surface area contributed by atoms with Gasteiger partial charge in [0, 0.05) is 12.5 Å². The van der Waals surface area contributed by atoms with Crippen molar-refractivity contribution in [3.8, 4) is 0 Å². The number of rotatable bonds is 2. The van der Waals surface area contributed by atoms with Gasteiger partial charge in [-0.05, 0) is 32.1 Å². The van der Waals surface area contributed by atoms with Crippen LogP contribution in [-0.4, -0.2) is 40.6 Å². The molecular formula is C14H20F3NO3. The number of hydrogen-bond donors (Lipinski definition) is 1. The molecule has 1 aliphatic carbocycles. The van der Waals surface area contributed by atoms with Gasteiger partial charge in [0.15, 0.2) is 0 Å². The minimum atomic E-state index is -4.39. The van der Waals surface area contributed by atoms with Crippen molar-refractivity contribution in [3.05, 3.63) is 0 Å². The number of alkyl halides is 3. The van der Waals surface area contributed by atoms with Crippen molar-refractivity contribution in [2.75, 3.05) is 6.54 Å². The van der Waals surface area contributed by atoms with Gasteiger partial charge in [-0.1, -0.05) is 12.8 Å². The molecule has 1 saturated carbocycles. The van der Waals surface area contributed by atoms with Crippen LogP contribution >= 0.6 is 0 Å². The molecule has 1 aliphatic heterocycles. The molecule has 0 spiro atoms. The molecule has 1 amide bonds. The van der Waals surface area contributed by atoms with Crippen molar-refractivity contribution < 1.29 is 27.9 Å². The zero-order chi connectivity index (χ0) is 15.6. The molecule has 3 atom stereocenters. The van der Waals surface area contributed by atoms with E-state index in [-0.39, 0.29) is 19.4 Å². The summed E-state index contributed by atoms with van der Waals surface area (Å²) in [5, 5.41) is 9.17. The highest BCUT2D eigenvalue weighted by atomic mass is 19.4. The fourth-order valence-corrected chi connectivity index (χ4v) is 3.48. The molecule has 2 unspecified atom stereocenters. The van der Waals surface area contributed by atoms with E-state index in [9.17, 15) is 22.8 Å². The molecule has 1 heterocycles. The first-order valence-corrected chi connectivity index (χ1v) is 7.42. The van der Waals surface area contributed by atoms with Gasteiger partial charge in [0.1, 0.15) is 6.04 Å². The highest BCUT2D eigenvalue weighted by Gasteiger charge is 2.50. The van der Waals surface area contributed by atoms with Crippen LogP contribution in [0.1, 0.15) is 44.9 Å². The van der Waals surface area contributed by atoms with Crippen LogP contribution < -0.4 is 0 Å². The Balaban J connectivity index is 2.17. The predicted molar refractivity (Wildman–Crippen MR) is 68.5 cm³/mol. The molecule has 0 radical (unpaired) electrons. The van der Waals surface area contributed by atoms with E-state index >= 15 is 0 Å². The number of nitrogens with zero attached hydrogens (tertiary/aromatic N) is 1. The first-order chi connectivity index (χ1) is 9.82. The third kappa shape index (κ3) is 3.49. The molecule has 2 fully saturated rings. The summed E-state index contributed by atoms with van der Waals surface area (Å²) in [5.41, 5.74) is 0. The van der Waals surface area contributed by atoms with E-state index < -0.39 is 35.9 Å². The van der Waals surface area contributed by atoms with Gasteiger partial charge < -0.3 is 10.0 Å². The summed E-state index contributed by atoms with van der Waals surface area (Å²) in [6.45, 7) is 0.247. The molecule has 0 bridgehead atoms. The van der Waals surface area contributed by atoms with Crippen LogP contribution in [0, 0.1) is 11.8 Å². The lowest BCUT2D eigenvalue weighted by Crippen LogP contribution is -2.52. The Morgan fingerprint density at radius 2 is 1.62 bits per heavy atom. The Labute approximate surface area is 121 Å². The fourth-order valence-electron chi connectivity index (χ4n) is 3.48. The molecule has 1 saturated heterocycles. The number of carbonyl (C=O) groups is 2. The van der Waals surface area contributed by atoms with Crippen LogP contribution in [0.15, 0.2) is 0 Å². The van der Waals surface area contributed by atoms with Crippen LogP contribution in [-0.2, 0) is 9.59 Å². The van der Waals surface area contributed by atoms with E-state index in [1.165, 1.54) is 4.90 Å². The van der Waals surface area contributed by atoms with Crippen LogP contribution in [0.4, 0.5) is 13.2 Å². The van der Waals surface area contributed by atoms with Gasteiger partial charge in [-0.2, -0.15) is 13.2 Å². The summed E-state index contributed by atoms with van der Waals surface area (Å²) in [7, 11) is 0. The maximum Gasteiger partial charge on any atom is 0.392 e. The van der Waals surface area contributed by atoms with Crippen LogP contribution in [0.2, 0.25) is 0 Å². The second kappa shape index (κ2) is 6.23. The first-order valence-electron chi connectivity index (χ1n) is 7.42. The smallest absolute Gasteiger partial charge is 0.392 e. The molecule has 1 N–H and O–H groups in total. The van der Waals surface area contributed by atoms with Crippen molar-refractivity contribution in [3.63, 3.8) is 0 Å². The minimum absolute atomic E-state index is 0.0362. The normalized spacial score (nSPS) is 31.0. The molecule has 2 aliphatic rings. The van der Waals surface area contributed by atoms with E-state index in [4.69, 9.17) is 5.11 Å². The number of carboxylic acids is 1. The average molecular weight is 307 g/mol. The standard InChI is InChI=1S/C14H20F3NO3/c15-14(16,17)10-6-2-1-5-9(10)12(19)18-8-4-3-7-11(18)13(20)21/h9-11H,1-8H2,(H,20,21)/t9?,10?,11-/m0/s1. The third-order valence-corrected chi connectivity index (χ3v) is 4.57. The monoisotopic (exact) mass is 307 g/mol. The Hall–Kier alpha value is -1.27. The molecule has 7 heteroatoms. The number of likely N-dealkylation sites (tertiary alicyclic amines) is 1. The molecular weight excluding hydrogens is 287 g/mol. The summed E-state index contributed by atoms with van der Waals surface area (Å²) in [4.78, 5) is 24.9. The average Bonchev–Trinajstić information content (AvgIpc) is 2.45. The fraction of sp³-hybridized carbons (Fsp3) is 0.857. The number of hydrogen-bond acceptors (Lipinski definition) is 2. The van der Waals surface area contributed by atoms with Crippen LogP contribution in [0.5, 0.6) is 0 Å². The van der Waals surface area contributed by atoms with E-state index in [0.717, 1.165) is 0 Å². The zero-order valence-corrected chi connectivity index (χ0v) is 11.7. The van der Waals surface area contributed by atoms with Gasteiger partial charge in [-0.25, -0.2) is 4.79 Å². The van der Waals surface area contributed by atoms with Crippen LogP contribution in [0.25, 0.3) is 0 Å². The summed E-state index contributed by atoms with van der Waals surface area (Å²) in [6, 6.07) is -0.970. The first kappa shape index (κ1) is 16.1. The number of amides is 1. The highest BCUT2D eigenvalue weighted by Crippen LogP contribution is 2.42. The van der Waals surface area contributed by atoms with Crippen LogP contribution in [0.3, 0.4) is 0 Å². The van der Waals surface area contributed by atoms with Crippen molar-refractivity contribution in [2.45, 2.75) is 57.2 Å². The Kier molecular flexibility index (Phi) is 4.78. The molecule has 21 heavy (non-hydrogen) atoms. The van der Waals surface area contributed by atoms with Crippen molar-refractivity contribution in [2.24, 2.45) is 11.8 Å². The molecule has 0 aromatic heterocycles. The van der Waals surface area contributed by atoms with Gasteiger partial charge in [0.2, 0.25) is 5.91 Å². The topological polar surface area (TPSA) is 57.6 Å². The van der Waals surface area contributed by atoms with E-state index in [0.29, 0.717) is 32.1 Å². The summed E-state index contributed by atoms with van der Waals surface area (Å²) in [5.74, 6) is -4.49. The third-order valence-electron chi connectivity index (χ3n) is 4.57. The SMILES string of the molecule is O=C(O)[C@@H]1CCCCN1C(=O)C1CCCCC1C(F)(F)F. The van der Waals surface area contributed by atoms with Gasteiger partial charge >= 0.3 is 12.1 Å². The Bertz CT molecular complexity index is 411. The Morgan fingerprint density at radius 3 is 2.24 bits per heavy atom. The quantitative estimate of drug-likeness (QED) is 0.853. The summed E-state index contributed by atoms with van der Waals surface area (Å²) >= 11 is 0. The second-order valence-corrected chi connectivity index (χ2v) is 5.92. The van der Waals surface area contributed by atoms with Crippen molar-refractivity contribution in [1.29, 1.82) is 0 Å². The highest BCUT2D eigenvalue weighted by molar-refractivity contribution is 5.85. The van der Waals surface area contributed by atoms with Gasteiger partial charge in [0.05, 0.1) is 5.92 Å². The lowest BCUT2D eigenvalue weighted by atomic mass is 9.77. The molecule has 2 rings (SSSR count). The van der Waals surface area contributed by atoms with Gasteiger partial charge in [-0.15, -0.1) is 0 Å². The minimum Gasteiger partial charge on any atom is -0.480 e. The second-order valence-electron chi connectivity index (χ2n) is 5.92. The number of carbonyl (C=O) groups excluding carboxylic acids is 1. The van der Waals surface area contributed by atoms with Gasteiger partial charge in [0.25, 0.3) is 0 Å². The number of piperidine rings is 1. The van der Waals surface area contributed by atoms with Crippen molar-refractivity contribution >= 4 is 11.9 Å². The Morgan fingerprint density at radius 1 is 1.00 bits per heavy atom. The molecule has 0 aromatic rings. The van der Waals surface area contributed by atoms with E-state index in [1.54, 1.807) is 0 Å². The largest absolute Gasteiger partial charge is 0.480 e. The molecule has 120 valence electrons. The summed E-state index contributed by atoms with van der Waals surface area (Å²) < 4.78 is 39.3. The number of aliphatic carboxylic acids is 1. The van der Waals surface area contributed by atoms with E-state index in [1.807, 2.05) is 0 Å². The van der Waals surface area contributed by atoms with E-state index in [2.05, 4.69) is 0 Å². The lowest BCUT2D eigenvalue weighted by molar-refractivity contribution is -0.202. The van der Waals surface area contributed by atoms with Crippen molar-refractivity contribution in [1.82, 2.24) is 4.90 Å². The summed E-state index contributed by atoms with van der Waals surface area (Å²) in [6.07, 6.45) is -1.50. The lowest BCUT2D eigenvalue weighted by Gasteiger charge is -2.39. The number of carboxylic acid groups (broad SMARTS) is 1. The maximum atomic E-state index is 13.1. The zero-order valence-electron chi connectivity index (χ0n) is 11.7.